The first-order valence-electron chi connectivity index (χ1n) is 17.7. The second-order valence-electron chi connectivity index (χ2n) is 12.4. The Balaban J connectivity index is 2.14. The maximum atomic E-state index is 10.5. The zero-order valence-electron chi connectivity index (χ0n) is 27.1. The molecule has 0 fully saturated rings. The molecule has 0 radical (unpaired) electrons. The van der Waals surface area contributed by atoms with Gasteiger partial charge >= 0.3 is 0 Å². The number of phenolic OH excluding ortho intramolecular Hbond substituents is 1. The fourth-order valence-electron chi connectivity index (χ4n) is 5.61. The fourth-order valence-corrected chi connectivity index (χ4v) is 5.61. The second-order valence-corrected chi connectivity index (χ2v) is 12.4. The van der Waals surface area contributed by atoms with E-state index in [1.54, 1.807) is 12.1 Å². The molecule has 1 rings (SSSR count). The first-order chi connectivity index (χ1) is 20.1. The molecule has 0 heterocycles. The van der Waals surface area contributed by atoms with Crippen LogP contribution in [-0.4, -0.2) is 40.6 Å². The van der Waals surface area contributed by atoms with Crippen molar-refractivity contribution in [1.82, 2.24) is 0 Å². The van der Waals surface area contributed by atoms with E-state index >= 15 is 0 Å². The Hall–Kier alpha value is -1.46. The van der Waals surface area contributed by atoms with E-state index in [2.05, 4.69) is 24.5 Å². The van der Waals surface area contributed by atoms with Crippen molar-refractivity contribution in [3.8, 4) is 5.75 Å². The lowest BCUT2D eigenvalue weighted by Gasteiger charge is -2.19. The van der Waals surface area contributed by atoms with Crippen molar-refractivity contribution in [1.29, 1.82) is 0 Å². The lowest BCUT2D eigenvalue weighted by molar-refractivity contribution is 0.172. The molecule has 0 spiro atoms. The number of unbranched alkanes of at least 4 members (excludes halogenated alkanes) is 20. The Labute approximate surface area is 254 Å². The highest BCUT2D eigenvalue weighted by Gasteiger charge is 2.12. The van der Waals surface area contributed by atoms with Crippen LogP contribution in [0, 0.1) is 0 Å². The number of anilines is 2. The predicted octanol–water partition coefficient (Wildman–Crippen LogP) is 10.3. The van der Waals surface area contributed by atoms with Crippen LogP contribution in [0.15, 0.2) is 18.2 Å². The molecule has 0 amide bonds. The molecule has 5 N–H and O–H groups in total. The van der Waals surface area contributed by atoms with Gasteiger partial charge in [-0.15, -0.1) is 0 Å². The normalized spacial score (nSPS) is 12.9. The molecule has 0 bridgehead atoms. The zero-order chi connectivity index (χ0) is 29.8. The van der Waals surface area contributed by atoms with Crippen molar-refractivity contribution in [2.75, 3.05) is 23.7 Å². The second kappa shape index (κ2) is 27.4. The molecule has 2 unspecified atom stereocenters. The maximum absolute atomic E-state index is 10.5. The van der Waals surface area contributed by atoms with E-state index in [0.717, 1.165) is 31.4 Å². The number of hydrogen-bond acceptors (Lipinski definition) is 5. The summed E-state index contributed by atoms with van der Waals surface area (Å²) in [5.41, 5.74) is 1.37. The van der Waals surface area contributed by atoms with Gasteiger partial charge in [0.25, 0.3) is 0 Å². The van der Waals surface area contributed by atoms with E-state index in [9.17, 15) is 15.3 Å². The first-order valence-corrected chi connectivity index (χ1v) is 17.7. The van der Waals surface area contributed by atoms with Crippen molar-refractivity contribution in [3.05, 3.63) is 18.2 Å². The van der Waals surface area contributed by atoms with Gasteiger partial charge in [0.1, 0.15) is 11.4 Å². The van der Waals surface area contributed by atoms with Gasteiger partial charge in [0.05, 0.1) is 17.9 Å². The van der Waals surface area contributed by atoms with Crippen LogP contribution in [0.2, 0.25) is 0 Å². The van der Waals surface area contributed by atoms with E-state index in [-0.39, 0.29) is 5.75 Å². The van der Waals surface area contributed by atoms with Crippen molar-refractivity contribution in [2.45, 2.75) is 180 Å². The molecule has 0 aliphatic carbocycles. The molecule has 5 nitrogen and oxygen atoms in total. The van der Waals surface area contributed by atoms with E-state index in [1.807, 2.05) is 6.07 Å². The molecule has 0 aliphatic rings. The molecule has 1 aromatic carbocycles. The van der Waals surface area contributed by atoms with Crippen LogP contribution in [0.1, 0.15) is 168 Å². The molecule has 5 heteroatoms. The topological polar surface area (TPSA) is 84.8 Å². The first kappa shape index (κ1) is 37.6. The lowest BCUT2D eigenvalue weighted by Crippen LogP contribution is -2.22. The van der Waals surface area contributed by atoms with Crippen molar-refractivity contribution in [3.63, 3.8) is 0 Å². The van der Waals surface area contributed by atoms with E-state index < -0.39 is 12.2 Å². The molecular formula is C36H68N2O3. The maximum Gasteiger partial charge on any atom is 0.140 e. The third-order valence-electron chi connectivity index (χ3n) is 8.37. The van der Waals surface area contributed by atoms with Gasteiger partial charge in [0.2, 0.25) is 0 Å². The Bertz CT molecular complexity index is 699. The highest BCUT2D eigenvalue weighted by atomic mass is 16.3. The van der Waals surface area contributed by atoms with Gasteiger partial charge in [0.15, 0.2) is 0 Å². The summed E-state index contributed by atoms with van der Waals surface area (Å²) >= 11 is 0. The number of hydrogen-bond donors (Lipinski definition) is 5. The largest absolute Gasteiger partial charge is 0.506 e. The number of para-hydroxylation sites is 1. The van der Waals surface area contributed by atoms with E-state index in [0.29, 0.717) is 18.8 Å². The monoisotopic (exact) mass is 577 g/mol. The van der Waals surface area contributed by atoms with Crippen molar-refractivity contribution < 1.29 is 15.3 Å². The highest BCUT2D eigenvalue weighted by molar-refractivity contribution is 5.75. The summed E-state index contributed by atoms with van der Waals surface area (Å²) in [6, 6.07) is 5.37. The zero-order valence-corrected chi connectivity index (χ0v) is 27.1. The quantitative estimate of drug-likeness (QED) is 0.0465. The third kappa shape index (κ3) is 21.8. The molecule has 240 valence electrons. The number of aliphatic hydroxyl groups excluding tert-OH is 2. The van der Waals surface area contributed by atoms with Crippen molar-refractivity contribution >= 4 is 11.4 Å². The Kier molecular flexibility index (Phi) is 25.1. The van der Waals surface area contributed by atoms with Crippen LogP contribution in [0.5, 0.6) is 5.75 Å². The lowest BCUT2D eigenvalue weighted by atomic mass is 10.0. The molecule has 1 aromatic rings. The Morgan fingerprint density at radius 2 is 0.878 bits per heavy atom. The summed E-state index contributed by atoms with van der Waals surface area (Å²) < 4.78 is 0. The molecular weight excluding hydrogens is 508 g/mol. The standard InChI is InChI=1S/C36H68N2O3/c1-3-5-7-9-11-13-15-17-19-21-23-26-32(39)30-37-34-28-25-29-35(41)36(34)38-31-33(40)27-24-22-20-18-16-14-12-10-8-6-4-2/h25,28-29,32-33,37-41H,3-24,26-27,30-31H2,1-2H3. The van der Waals surface area contributed by atoms with Crippen LogP contribution >= 0.6 is 0 Å². The summed E-state index contributed by atoms with van der Waals surface area (Å²) in [5, 5.41) is 37.9. The third-order valence-corrected chi connectivity index (χ3v) is 8.37. The number of rotatable bonds is 30. The van der Waals surface area contributed by atoms with Crippen LogP contribution < -0.4 is 10.6 Å². The average Bonchev–Trinajstić information content (AvgIpc) is 2.97. The molecule has 0 saturated carbocycles. The van der Waals surface area contributed by atoms with Gasteiger partial charge in [-0.2, -0.15) is 0 Å². The van der Waals surface area contributed by atoms with E-state index in [1.165, 1.54) is 128 Å². The summed E-state index contributed by atoms with van der Waals surface area (Å²) in [6.07, 6.45) is 29.4. The Morgan fingerprint density at radius 1 is 0.512 bits per heavy atom. The summed E-state index contributed by atoms with van der Waals surface area (Å²) in [6.45, 7) is 5.39. The number of aromatic hydroxyl groups is 1. The number of nitrogens with one attached hydrogen (secondary N) is 2. The van der Waals surface area contributed by atoms with Crippen LogP contribution in [-0.2, 0) is 0 Å². The van der Waals surface area contributed by atoms with Gasteiger partial charge in [-0.05, 0) is 25.0 Å². The SMILES string of the molecule is CCCCCCCCCCCCCC(O)CNc1cccc(O)c1NCC(O)CCCCCCCCCCCCC. The minimum atomic E-state index is -0.437. The van der Waals surface area contributed by atoms with Gasteiger partial charge in [-0.1, -0.05) is 161 Å². The average molecular weight is 577 g/mol. The van der Waals surface area contributed by atoms with Crippen LogP contribution in [0.25, 0.3) is 0 Å². The number of benzene rings is 1. The molecule has 0 saturated heterocycles. The molecule has 2 atom stereocenters. The van der Waals surface area contributed by atoms with Gasteiger partial charge in [0, 0.05) is 13.1 Å². The summed E-state index contributed by atoms with van der Waals surface area (Å²) in [4.78, 5) is 0. The number of phenols is 1. The predicted molar refractivity (Wildman–Crippen MR) is 179 cm³/mol. The van der Waals surface area contributed by atoms with Gasteiger partial charge in [-0.3, -0.25) is 0 Å². The molecule has 0 aromatic heterocycles. The molecule has 0 aliphatic heterocycles. The minimum Gasteiger partial charge on any atom is -0.506 e. The number of aliphatic hydroxyl groups is 2. The van der Waals surface area contributed by atoms with Crippen LogP contribution in [0.3, 0.4) is 0 Å². The van der Waals surface area contributed by atoms with Gasteiger partial charge < -0.3 is 26.0 Å². The fraction of sp³-hybridized carbons (Fsp3) is 0.833. The van der Waals surface area contributed by atoms with Crippen molar-refractivity contribution in [2.24, 2.45) is 0 Å². The van der Waals surface area contributed by atoms with E-state index in [4.69, 9.17) is 0 Å². The Morgan fingerprint density at radius 3 is 1.29 bits per heavy atom. The smallest absolute Gasteiger partial charge is 0.140 e. The highest BCUT2D eigenvalue weighted by Crippen LogP contribution is 2.31. The van der Waals surface area contributed by atoms with Crippen LogP contribution in [0.4, 0.5) is 11.4 Å². The summed E-state index contributed by atoms with van der Waals surface area (Å²) in [5.74, 6) is 0.164. The van der Waals surface area contributed by atoms with Gasteiger partial charge in [-0.25, -0.2) is 0 Å². The molecule has 41 heavy (non-hydrogen) atoms. The minimum absolute atomic E-state index is 0.164. The summed E-state index contributed by atoms with van der Waals surface area (Å²) in [7, 11) is 0.